The minimum Gasteiger partial charge on any atom is -0.361 e. The third-order valence-corrected chi connectivity index (χ3v) is 4.50. The summed E-state index contributed by atoms with van der Waals surface area (Å²) < 4.78 is 5.35. The second-order valence-electron chi connectivity index (χ2n) is 6.79. The Hall–Kier alpha value is -2.03. The molecule has 0 spiro atoms. The van der Waals surface area contributed by atoms with Crippen molar-refractivity contribution in [1.29, 1.82) is 0 Å². The van der Waals surface area contributed by atoms with Crippen molar-refractivity contribution in [3.63, 3.8) is 0 Å². The normalized spacial score (nSPS) is 11.7. The number of aliphatic imine (C=N–C) groups is 1. The van der Waals surface area contributed by atoms with Gasteiger partial charge in [0.1, 0.15) is 0 Å². The maximum absolute atomic E-state index is 5.35. The zero-order chi connectivity index (χ0) is 18.5. The van der Waals surface area contributed by atoms with Crippen molar-refractivity contribution >= 4 is 40.8 Å². The molecular weight excluding hydrogens is 453 g/mol. The van der Waals surface area contributed by atoms with Gasteiger partial charge in [-0.3, -0.25) is 4.99 Å². The van der Waals surface area contributed by atoms with E-state index in [1.807, 2.05) is 6.07 Å². The molecule has 2 aromatic heterocycles. The fraction of sp³-hybridized carbons (Fsp3) is 0.400. The summed E-state index contributed by atoms with van der Waals surface area (Å²) in [6.45, 7) is 7.71. The number of fused-ring (bicyclic) bond motifs is 1. The molecule has 3 aromatic rings. The van der Waals surface area contributed by atoms with Gasteiger partial charge in [-0.05, 0) is 36.5 Å². The summed E-state index contributed by atoms with van der Waals surface area (Å²) in [4.78, 5) is 7.61. The lowest BCUT2D eigenvalue weighted by Crippen LogP contribution is -2.37. The van der Waals surface area contributed by atoms with Gasteiger partial charge in [0.15, 0.2) is 11.7 Å². The molecule has 0 aliphatic carbocycles. The fourth-order valence-electron chi connectivity index (χ4n) is 3.04. The van der Waals surface area contributed by atoms with Crippen molar-refractivity contribution in [1.82, 2.24) is 20.8 Å². The van der Waals surface area contributed by atoms with Crippen molar-refractivity contribution < 1.29 is 4.52 Å². The van der Waals surface area contributed by atoms with E-state index in [1.165, 1.54) is 22.0 Å². The summed E-state index contributed by atoms with van der Waals surface area (Å²) in [5.74, 6) is 1.93. The number of rotatable bonds is 6. The van der Waals surface area contributed by atoms with E-state index in [2.05, 4.69) is 70.9 Å². The van der Waals surface area contributed by atoms with E-state index in [1.54, 1.807) is 7.05 Å². The number of nitrogens with one attached hydrogen (secondary N) is 3. The Morgan fingerprint density at radius 2 is 2.11 bits per heavy atom. The Morgan fingerprint density at radius 3 is 2.81 bits per heavy atom. The number of hydrogen-bond donors (Lipinski definition) is 3. The van der Waals surface area contributed by atoms with Gasteiger partial charge in [0.25, 0.3) is 0 Å². The number of benzene rings is 1. The second kappa shape index (κ2) is 9.77. The smallest absolute Gasteiger partial charge is 0.191 e. The van der Waals surface area contributed by atoms with Crippen LogP contribution in [0, 0.1) is 6.92 Å². The van der Waals surface area contributed by atoms with Crippen LogP contribution in [0.15, 0.2) is 40.0 Å². The molecule has 0 amide bonds. The van der Waals surface area contributed by atoms with E-state index >= 15 is 0 Å². The molecule has 0 bridgehead atoms. The number of guanidine groups is 1. The van der Waals surface area contributed by atoms with Gasteiger partial charge in [-0.2, -0.15) is 0 Å². The van der Waals surface area contributed by atoms with Crippen LogP contribution in [0.4, 0.5) is 0 Å². The van der Waals surface area contributed by atoms with Crippen molar-refractivity contribution in [2.75, 3.05) is 13.6 Å². The molecule has 3 rings (SSSR count). The van der Waals surface area contributed by atoms with E-state index in [4.69, 9.17) is 4.52 Å². The van der Waals surface area contributed by atoms with Gasteiger partial charge in [0.05, 0.1) is 12.2 Å². The molecule has 6 nitrogen and oxygen atoms in total. The van der Waals surface area contributed by atoms with Crippen LogP contribution in [0.5, 0.6) is 0 Å². The zero-order valence-corrected chi connectivity index (χ0v) is 18.6. The van der Waals surface area contributed by atoms with Crippen LogP contribution in [0.2, 0.25) is 0 Å². The van der Waals surface area contributed by atoms with E-state index in [0.717, 1.165) is 30.4 Å². The first-order valence-corrected chi connectivity index (χ1v) is 9.04. The van der Waals surface area contributed by atoms with E-state index in [9.17, 15) is 0 Å². The number of halogens is 1. The number of aromatic nitrogens is 2. The summed E-state index contributed by atoms with van der Waals surface area (Å²) in [7, 11) is 1.77. The van der Waals surface area contributed by atoms with Crippen molar-refractivity contribution in [2.45, 2.75) is 39.7 Å². The van der Waals surface area contributed by atoms with Crippen molar-refractivity contribution in [2.24, 2.45) is 4.99 Å². The highest BCUT2D eigenvalue weighted by Gasteiger charge is 2.09. The SMILES string of the molecule is CN=C(NCCc1c[nH]c2cccc(C)c12)NCc1cc(C(C)C)no1.I. The monoisotopic (exact) mass is 481 g/mol. The molecule has 0 aliphatic rings. The predicted molar refractivity (Wildman–Crippen MR) is 121 cm³/mol. The van der Waals surface area contributed by atoms with Gasteiger partial charge < -0.3 is 20.1 Å². The highest BCUT2D eigenvalue weighted by Crippen LogP contribution is 2.22. The van der Waals surface area contributed by atoms with Crippen LogP contribution >= 0.6 is 24.0 Å². The molecule has 0 atom stereocenters. The van der Waals surface area contributed by atoms with Gasteiger partial charge in [-0.25, -0.2) is 0 Å². The Morgan fingerprint density at radius 1 is 1.30 bits per heavy atom. The average molecular weight is 481 g/mol. The summed E-state index contributed by atoms with van der Waals surface area (Å²) in [6.07, 6.45) is 3.02. The molecule has 0 saturated heterocycles. The van der Waals surface area contributed by atoms with Crippen molar-refractivity contribution in [3.05, 3.63) is 53.0 Å². The van der Waals surface area contributed by atoms with Crippen LogP contribution in [0.1, 0.15) is 42.3 Å². The van der Waals surface area contributed by atoms with Gasteiger partial charge in [0, 0.05) is 36.8 Å². The lowest BCUT2D eigenvalue weighted by molar-refractivity contribution is 0.372. The minimum atomic E-state index is 0. The first-order valence-electron chi connectivity index (χ1n) is 9.04. The van der Waals surface area contributed by atoms with Crippen molar-refractivity contribution in [3.8, 4) is 0 Å². The fourth-order valence-corrected chi connectivity index (χ4v) is 3.04. The van der Waals surface area contributed by atoms with Crippen LogP contribution < -0.4 is 10.6 Å². The molecule has 2 heterocycles. The molecular formula is C20H28IN5O. The zero-order valence-electron chi connectivity index (χ0n) is 16.3. The molecule has 0 unspecified atom stereocenters. The standard InChI is InChI=1S/C20H27N5O.HI/c1-13(2)18-10-16(26-25-18)12-24-20(21-4)22-9-8-15-11-23-17-7-5-6-14(3)19(15)17;/h5-7,10-11,13,23H,8-9,12H2,1-4H3,(H2,21,22,24);1H. The topological polar surface area (TPSA) is 78.2 Å². The van der Waals surface area contributed by atoms with Crippen LogP contribution in [-0.2, 0) is 13.0 Å². The average Bonchev–Trinajstić information content (AvgIpc) is 3.26. The van der Waals surface area contributed by atoms with Crippen LogP contribution in [-0.4, -0.2) is 29.7 Å². The number of hydrogen-bond acceptors (Lipinski definition) is 3. The van der Waals surface area contributed by atoms with E-state index < -0.39 is 0 Å². The Kier molecular flexibility index (Phi) is 7.70. The maximum atomic E-state index is 5.35. The number of aryl methyl sites for hydroxylation is 1. The quantitative estimate of drug-likeness (QED) is 0.281. The Labute approximate surface area is 177 Å². The highest BCUT2D eigenvalue weighted by molar-refractivity contribution is 14.0. The van der Waals surface area contributed by atoms with Crippen LogP contribution in [0.25, 0.3) is 10.9 Å². The first-order chi connectivity index (χ1) is 12.6. The van der Waals surface area contributed by atoms with E-state index in [0.29, 0.717) is 12.5 Å². The Bertz CT molecular complexity index is 897. The molecule has 146 valence electrons. The predicted octanol–water partition coefficient (Wildman–Crippen LogP) is 4.11. The summed E-state index contributed by atoms with van der Waals surface area (Å²) in [6, 6.07) is 8.33. The molecule has 7 heteroatoms. The van der Waals surface area contributed by atoms with Gasteiger partial charge in [-0.15, -0.1) is 24.0 Å². The number of aromatic amines is 1. The third kappa shape index (κ3) is 5.24. The molecule has 0 fully saturated rings. The maximum Gasteiger partial charge on any atom is 0.191 e. The molecule has 0 saturated carbocycles. The largest absolute Gasteiger partial charge is 0.361 e. The lowest BCUT2D eigenvalue weighted by atomic mass is 10.1. The molecule has 1 aromatic carbocycles. The summed E-state index contributed by atoms with van der Waals surface area (Å²) in [5, 5.41) is 12.0. The molecule has 27 heavy (non-hydrogen) atoms. The number of H-pyrrole nitrogens is 1. The van der Waals surface area contributed by atoms with Gasteiger partial charge in [-0.1, -0.05) is 31.1 Å². The second-order valence-corrected chi connectivity index (χ2v) is 6.79. The van der Waals surface area contributed by atoms with E-state index in [-0.39, 0.29) is 24.0 Å². The highest BCUT2D eigenvalue weighted by atomic mass is 127. The molecule has 0 radical (unpaired) electrons. The summed E-state index contributed by atoms with van der Waals surface area (Å²) >= 11 is 0. The third-order valence-electron chi connectivity index (χ3n) is 4.50. The molecule has 3 N–H and O–H groups in total. The minimum absolute atomic E-state index is 0. The van der Waals surface area contributed by atoms with Gasteiger partial charge in [0.2, 0.25) is 0 Å². The number of nitrogens with zero attached hydrogens (tertiary/aromatic N) is 2. The summed E-state index contributed by atoms with van der Waals surface area (Å²) in [5.41, 5.74) is 4.78. The Balaban J connectivity index is 0.00000261. The molecule has 0 aliphatic heterocycles. The first kappa shape index (κ1) is 21.3. The van der Waals surface area contributed by atoms with Gasteiger partial charge >= 0.3 is 0 Å². The lowest BCUT2D eigenvalue weighted by Gasteiger charge is -2.10. The van der Waals surface area contributed by atoms with Crippen LogP contribution in [0.3, 0.4) is 0 Å².